The number of carbonyl (C=O) groups is 2. The lowest BCUT2D eigenvalue weighted by Gasteiger charge is -2.02. The van der Waals surface area contributed by atoms with Crippen LogP contribution in [0.3, 0.4) is 0 Å². The van der Waals surface area contributed by atoms with E-state index in [1.807, 2.05) is 30.5 Å². The van der Waals surface area contributed by atoms with Crippen molar-refractivity contribution in [2.24, 2.45) is 0 Å². The van der Waals surface area contributed by atoms with Gasteiger partial charge in [-0.2, -0.15) is 0 Å². The van der Waals surface area contributed by atoms with Gasteiger partial charge in [0.05, 0.1) is 0 Å². The monoisotopic (exact) mass is 313 g/mol. The molecule has 5 nitrogen and oxygen atoms in total. The molecule has 120 valence electrons. The van der Waals surface area contributed by atoms with Crippen molar-refractivity contribution in [1.29, 1.82) is 0 Å². The minimum atomic E-state index is -1.53. The smallest absolute Gasteiger partial charge is 0.371 e. The Bertz CT molecular complexity index is 783. The number of carboxylic acid groups (broad SMARTS) is 1. The highest BCUT2D eigenvalue weighted by Crippen LogP contribution is 2.23. The van der Waals surface area contributed by atoms with E-state index >= 15 is 0 Å². The van der Waals surface area contributed by atoms with E-state index in [1.54, 1.807) is 6.08 Å². The van der Waals surface area contributed by atoms with Crippen LogP contribution in [0.5, 0.6) is 0 Å². The Kier molecular flexibility index (Phi) is 5.36. The van der Waals surface area contributed by atoms with Crippen molar-refractivity contribution in [2.45, 2.75) is 26.3 Å². The second-order valence-corrected chi connectivity index (χ2v) is 5.22. The fraction of sp³-hybridized carbons (Fsp3) is 0.222. The van der Waals surface area contributed by atoms with Crippen LogP contribution in [0, 0.1) is 0 Å². The first kappa shape index (κ1) is 16.5. The molecule has 0 aliphatic heterocycles. The van der Waals surface area contributed by atoms with Crippen LogP contribution in [-0.4, -0.2) is 26.5 Å². The number of aryl methyl sites for hydroxylation is 1. The SMILES string of the molecule is CCCCn1cc(/C=C/C(=O)/C=C(\O)C(=O)O)c2ccccc21. The molecule has 0 radical (unpaired) electrons. The number of nitrogens with zero attached hydrogens (tertiary/aromatic N) is 1. The van der Waals surface area contributed by atoms with E-state index in [1.165, 1.54) is 6.08 Å². The number of benzene rings is 1. The molecule has 0 saturated heterocycles. The number of carboxylic acids is 1. The number of ketones is 1. The van der Waals surface area contributed by atoms with E-state index in [2.05, 4.69) is 11.5 Å². The van der Waals surface area contributed by atoms with Gasteiger partial charge in [0, 0.05) is 35.3 Å². The fourth-order valence-electron chi connectivity index (χ4n) is 2.34. The summed E-state index contributed by atoms with van der Waals surface area (Å²) in [6.45, 7) is 3.03. The Labute approximate surface area is 134 Å². The van der Waals surface area contributed by atoms with Gasteiger partial charge in [-0.05, 0) is 24.6 Å². The molecular formula is C18H19NO4. The second kappa shape index (κ2) is 7.45. The number of aliphatic carboxylic acids is 1. The van der Waals surface area contributed by atoms with Crippen LogP contribution in [0.2, 0.25) is 0 Å². The maximum atomic E-state index is 11.7. The highest BCUT2D eigenvalue weighted by atomic mass is 16.4. The molecule has 2 aromatic rings. The molecule has 0 bridgehead atoms. The van der Waals surface area contributed by atoms with Gasteiger partial charge in [-0.1, -0.05) is 31.5 Å². The Morgan fingerprint density at radius 1 is 1.22 bits per heavy atom. The summed E-state index contributed by atoms with van der Waals surface area (Å²) in [7, 11) is 0. The van der Waals surface area contributed by atoms with Gasteiger partial charge in [-0.15, -0.1) is 0 Å². The maximum absolute atomic E-state index is 11.7. The molecule has 0 fully saturated rings. The summed E-state index contributed by atoms with van der Waals surface area (Å²) in [5, 5.41) is 18.6. The van der Waals surface area contributed by atoms with E-state index in [-0.39, 0.29) is 0 Å². The zero-order chi connectivity index (χ0) is 16.8. The Hall–Kier alpha value is -2.82. The predicted octanol–water partition coefficient (Wildman–Crippen LogP) is 3.55. The highest BCUT2D eigenvalue weighted by Gasteiger charge is 2.07. The van der Waals surface area contributed by atoms with Crippen LogP contribution in [0.15, 0.2) is 48.4 Å². The predicted molar refractivity (Wildman–Crippen MR) is 89.2 cm³/mol. The summed E-state index contributed by atoms with van der Waals surface area (Å²) in [6.07, 6.45) is 7.72. The Morgan fingerprint density at radius 3 is 2.65 bits per heavy atom. The number of unbranched alkanes of at least 4 members (excludes halogenated alkanes) is 1. The van der Waals surface area contributed by atoms with E-state index in [0.29, 0.717) is 6.08 Å². The zero-order valence-corrected chi connectivity index (χ0v) is 12.9. The van der Waals surface area contributed by atoms with Gasteiger partial charge in [-0.25, -0.2) is 4.79 Å². The van der Waals surface area contributed by atoms with Crippen LogP contribution < -0.4 is 0 Å². The number of aliphatic hydroxyl groups excluding tert-OH is 1. The van der Waals surface area contributed by atoms with Gasteiger partial charge in [0.25, 0.3) is 0 Å². The average molecular weight is 313 g/mol. The molecule has 0 aliphatic rings. The molecule has 1 aromatic carbocycles. The molecule has 2 rings (SSSR count). The number of carbonyl (C=O) groups excluding carboxylic acids is 1. The van der Waals surface area contributed by atoms with Gasteiger partial charge >= 0.3 is 5.97 Å². The number of allylic oxidation sites excluding steroid dienone is 2. The number of hydrogen-bond acceptors (Lipinski definition) is 3. The standard InChI is InChI=1S/C18H19NO4/c1-2-3-10-19-12-13(15-6-4-5-7-16(15)19)8-9-14(20)11-17(21)18(22)23/h4-9,11-12,21H,2-3,10H2,1H3,(H,22,23)/b9-8+,17-11-. The third kappa shape index (κ3) is 4.10. The third-order valence-electron chi connectivity index (χ3n) is 3.50. The lowest BCUT2D eigenvalue weighted by Crippen LogP contribution is -2.01. The number of hydrogen-bond donors (Lipinski definition) is 2. The van der Waals surface area contributed by atoms with Crippen molar-refractivity contribution in [3.63, 3.8) is 0 Å². The molecule has 23 heavy (non-hydrogen) atoms. The molecule has 5 heteroatoms. The zero-order valence-electron chi connectivity index (χ0n) is 12.9. The van der Waals surface area contributed by atoms with Crippen molar-refractivity contribution >= 4 is 28.7 Å². The van der Waals surface area contributed by atoms with Crippen molar-refractivity contribution in [2.75, 3.05) is 0 Å². The third-order valence-corrected chi connectivity index (χ3v) is 3.50. The number of fused-ring (bicyclic) bond motifs is 1. The molecule has 0 atom stereocenters. The summed E-state index contributed by atoms with van der Waals surface area (Å²) >= 11 is 0. The molecule has 1 aromatic heterocycles. The quantitative estimate of drug-likeness (QED) is 0.605. The first-order valence-electron chi connectivity index (χ1n) is 7.46. The van der Waals surface area contributed by atoms with Gasteiger partial charge in [0.1, 0.15) is 0 Å². The summed E-state index contributed by atoms with van der Waals surface area (Å²) in [5.74, 6) is -3.07. The number of para-hydroxylation sites is 1. The van der Waals surface area contributed by atoms with Crippen molar-refractivity contribution in [1.82, 2.24) is 4.57 Å². The number of rotatable bonds is 7. The molecule has 0 saturated carbocycles. The van der Waals surface area contributed by atoms with Crippen molar-refractivity contribution in [3.8, 4) is 0 Å². The van der Waals surface area contributed by atoms with Crippen LogP contribution in [0.25, 0.3) is 17.0 Å². The second-order valence-electron chi connectivity index (χ2n) is 5.22. The molecule has 0 unspecified atom stereocenters. The van der Waals surface area contributed by atoms with Crippen molar-refractivity contribution < 1.29 is 19.8 Å². The average Bonchev–Trinajstić information content (AvgIpc) is 2.89. The van der Waals surface area contributed by atoms with E-state index in [0.717, 1.165) is 35.9 Å². The first-order valence-corrected chi connectivity index (χ1v) is 7.46. The molecule has 0 amide bonds. The highest BCUT2D eigenvalue weighted by molar-refractivity contribution is 6.06. The maximum Gasteiger partial charge on any atom is 0.371 e. The molecule has 0 spiro atoms. The lowest BCUT2D eigenvalue weighted by molar-refractivity contribution is -0.135. The molecule has 0 aliphatic carbocycles. The van der Waals surface area contributed by atoms with Gasteiger partial charge in [-0.3, -0.25) is 4.79 Å². The minimum Gasteiger partial charge on any atom is -0.502 e. The van der Waals surface area contributed by atoms with E-state index in [4.69, 9.17) is 10.2 Å². The van der Waals surface area contributed by atoms with Crippen LogP contribution in [0.1, 0.15) is 25.3 Å². The Balaban J connectivity index is 2.29. The summed E-state index contributed by atoms with van der Waals surface area (Å²) in [4.78, 5) is 22.1. The van der Waals surface area contributed by atoms with Crippen LogP contribution >= 0.6 is 0 Å². The molecular weight excluding hydrogens is 294 g/mol. The largest absolute Gasteiger partial charge is 0.502 e. The fourth-order valence-corrected chi connectivity index (χ4v) is 2.34. The summed E-state index contributed by atoms with van der Waals surface area (Å²) < 4.78 is 2.15. The topological polar surface area (TPSA) is 79.5 Å². The summed E-state index contributed by atoms with van der Waals surface area (Å²) in [5.41, 5.74) is 1.98. The molecule has 1 heterocycles. The minimum absolute atomic E-state index is 0.574. The van der Waals surface area contributed by atoms with Crippen LogP contribution in [-0.2, 0) is 16.1 Å². The Morgan fingerprint density at radius 2 is 1.96 bits per heavy atom. The van der Waals surface area contributed by atoms with Crippen LogP contribution in [0.4, 0.5) is 0 Å². The molecule has 2 N–H and O–H groups in total. The number of aliphatic hydroxyl groups is 1. The van der Waals surface area contributed by atoms with Gasteiger partial charge < -0.3 is 14.8 Å². The lowest BCUT2D eigenvalue weighted by atomic mass is 10.1. The first-order chi connectivity index (χ1) is 11.0. The van der Waals surface area contributed by atoms with E-state index in [9.17, 15) is 9.59 Å². The summed E-state index contributed by atoms with van der Waals surface area (Å²) in [6, 6.07) is 7.91. The van der Waals surface area contributed by atoms with Crippen molar-refractivity contribution in [3.05, 3.63) is 53.9 Å². The van der Waals surface area contributed by atoms with E-state index < -0.39 is 17.5 Å². The number of aromatic nitrogens is 1. The van der Waals surface area contributed by atoms with Gasteiger partial charge in [0.15, 0.2) is 5.78 Å². The normalized spacial score (nSPS) is 12.1. The van der Waals surface area contributed by atoms with Gasteiger partial charge in [0.2, 0.25) is 5.76 Å².